The number of nitrogens with one attached hydrogen (secondary N) is 3. The van der Waals surface area contributed by atoms with Gasteiger partial charge in [0.15, 0.2) is 11.6 Å². The van der Waals surface area contributed by atoms with Crippen LogP contribution in [0.1, 0.15) is 52.1 Å². The standard InChI is InChI=1S/C20H25N3O5.C13H13BrN2O3.C7H13NO2.CH2O3.2K.H/c1-13(24)21-12-18-17-11-14-10-15(2-3-16(14)23(17)19(25)28-18)22-6-4-20(5-7-22)26-8-9-27-20;1-7(17)15-6-12-11-5-8-4-9(14)2-3-10(8)16(11)13(18)19-12;1-3-8-4-2-7(1)9-5-6-10-7;2-1-4-3;;;/h2-3,10,17-18H,4-9,11-12H2,1H3,(H,21,24);2-4,11-12H,5-6H2,1H3,(H,15,17);8H,1-6H2;1,3H;;;/q;;;;2*+1;-1/p-1/t17-,18-;11-,12-;;;;;/m00...../s1. The number of carbonyl (C=O) groups is 5. The molecule has 10 rings (SSSR count). The van der Waals surface area contributed by atoms with E-state index in [1.54, 1.807) is 9.80 Å². The van der Waals surface area contributed by atoms with E-state index < -0.39 is 0 Å². The summed E-state index contributed by atoms with van der Waals surface area (Å²) in [5.41, 5.74) is 5.27. The van der Waals surface area contributed by atoms with Crippen molar-refractivity contribution in [2.75, 3.05) is 80.4 Å². The number of amides is 4. The van der Waals surface area contributed by atoms with Crippen molar-refractivity contribution in [1.82, 2.24) is 16.0 Å². The monoisotopic (exact) mass is 994 g/mol. The molecule has 0 radical (unpaired) electrons. The van der Waals surface area contributed by atoms with E-state index in [9.17, 15) is 19.2 Å². The molecule has 334 valence electrons. The molecular weight excluding hydrogens is 943 g/mol. The van der Waals surface area contributed by atoms with Crippen molar-refractivity contribution in [3.05, 3.63) is 52.0 Å². The zero-order valence-electron chi connectivity index (χ0n) is 37.2. The molecule has 0 aliphatic carbocycles. The summed E-state index contributed by atoms with van der Waals surface area (Å²) < 4.78 is 34.5. The van der Waals surface area contributed by atoms with Crippen LogP contribution in [0.15, 0.2) is 40.9 Å². The molecule has 2 aromatic rings. The average Bonchev–Trinajstić information content (AvgIpc) is 4.12. The third kappa shape index (κ3) is 12.8. The second-order valence-electron chi connectivity index (χ2n) is 15.7. The molecule has 8 aliphatic rings. The van der Waals surface area contributed by atoms with Gasteiger partial charge in [0.05, 0.1) is 63.0 Å². The number of nitrogens with zero attached hydrogens (tertiary/aromatic N) is 3. The molecule has 0 saturated carbocycles. The molecule has 0 aromatic heterocycles. The zero-order valence-corrected chi connectivity index (χ0v) is 44.0. The van der Waals surface area contributed by atoms with Crippen LogP contribution >= 0.6 is 15.9 Å². The van der Waals surface area contributed by atoms with Gasteiger partial charge in [-0.15, -0.1) is 0 Å². The first-order chi connectivity index (χ1) is 29.4. The molecule has 0 bridgehead atoms. The Hall–Kier alpha value is -1.30. The van der Waals surface area contributed by atoms with Crippen LogP contribution in [0.25, 0.3) is 0 Å². The van der Waals surface area contributed by atoms with Crippen molar-refractivity contribution in [3.8, 4) is 0 Å². The summed E-state index contributed by atoms with van der Waals surface area (Å²) in [5, 5.41) is 17.2. The fourth-order valence-corrected chi connectivity index (χ4v) is 9.44. The van der Waals surface area contributed by atoms with E-state index >= 15 is 0 Å². The van der Waals surface area contributed by atoms with Crippen LogP contribution < -0.4 is 139 Å². The maximum atomic E-state index is 12.4. The largest absolute Gasteiger partial charge is 1.00 e. The molecule has 8 aliphatic heterocycles. The Morgan fingerprint density at radius 1 is 0.794 bits per heavy atom. The van der Waals surface area contributed by atoms with E-state index in [1.165, 1.54) is 19.5 Å². The molecular formula is C41H53BrK2N6O13. The molecule has 63 heavy (non-hydrogen) atoms. The predicted molar refractivity (Wildman–Crippen MR) is 220 cm³/mol. The van der Waals surface area contributed by atoms with Gasteiger partial charge in [-0.05, 0) is 60.4 Å². The fourth-order valence-electron chi connectivity index (χ4n) is 9.03. The number of halogens is 1. The Labute approximate surface area is 460 Å². The molecule has 8 heterocycles. The van der Waals surface area contributed by atoms with Crippen molar-refractivity contribution >= 4 is 63.5 Å². The zero-order chi connectivity index (χ0) is 43.1. The predicted octanol–water partition coefficient (Wildman–Crippen LogP) is -4.08. The minimum atomic E-state index is -0.378. The third-order valence-electron chi connectivity index (χ3n) is 11.9. The van der Waals surface area contributed by atoms with Gasteiger partial charge < -0.3 is 60.8 Å². The minimum Gasteiger partial charge on any atom is -1.00 e. The summed E-state index contributed by atoms with van der Waals surface area (Å²) in [6, 6.07) is 12.0. The summed E-state index contributed by atoms with van der Waals surface area (Å²) >= 11 is 3.43. The number of hydrogen-bond acceptors (Lipinski definition) is 15. The molecule has 19 nitrogen and oxygen atoms in total. The van der Waals surface area contributed by atoms with Crippen molar-refractivity contribution < 1.29 is 167 Å². The summed E-state index contributed by atoms with van der Waals surface area (Å²) in [6.45, 7) is 10.2. The average molecular weight is 996 g/mol. The fraction of sp³-hybridized carbons (Fsp3) is 0.585. The summed E-state index contributed by atoms with van der Waals surface area (Å²) in [7, 11) is 0. The minimum absolute atomic E-state index is 0. The van der Waals surface area contributed by atoms with E-state index in [2.05, 4.69) is 53.8 Å². The second kappa shape index (κ2) is 24.1. The summed E-state index contributed by atoms with van der Waals surface area (Å²) in [4.78, 5) is 63.5. The van der Waals surface area contributed by atoms with Crippen molar-refractivity contribution in [2.24, 2.45) is 0 Å². The van der Waals surface area contributed by atoms with Gasteiger partial charge in [-0.2, -0.15) is 0 Å². The maximum absolute atomic E-state index is 12.4. The number of ether oxygens (including phenoxy) is 6. The molecule has 6 fully saturated rings. The second-order valence-corrected chi connectivity index (χ2v) is 16.6. The number of benzene rings is 2. The van der Waals surface area contributed by atoms with Gasteiger partial charge in [0.1, 0.15) is 12.2 Å². The van der Waals surface area contributed by atoms with Gasteiger partial charge in [0, 0.05) is 75.9 Å². The topological polar surface area (TPSA) is 219 Å². The quantitative estimate of drug-likeness (QED) is 0.109. The number of hydrogen-bond donors (Lipinski definition) is 3. The number of cyclic esters (lactones) is 2. The van der Waals surface area contributed by atoms with Crippen LogP contribution in [0.2, 0.25) is 0 Å². The van der Waals surface area contributed by atoms with Crippen LogP contribution in [-0.2, 0) is 60.5 Å². The Bertz CT molecular complexity index is 1930. The smallest absolute Gasteiger partial charge is 1.00 e. The number of rotatable bonds is 6. The van der Waals surface area contributed by atoms with Crippen LogP contribution in [0, 0.1) is 0 Å². The Morgan fingerprint density at radius 3 is 1.70 bits per heavy atom. The molecule has 2 spiro atoms. The Kier molecular flexibility index (Phi) is 20.2. The van der Waals surface area contributed by atoms with Gasteiger partial charge >= 0.3 is 115 Å². The van der Waals surface area contributed by atoms with Gasteiger partial charge in [-0.3, -0.25) is 24.2 Å². The van der Waals surface area contributed by atoms with Crippen molar-refractivity contribution in [3.63, 3.8) is 0 Å². The molecule has 3 N–H and O–H groups in total. The van der Waals surface area contributed by atoms with E-state index in [1.807, 2.05) is 24.3 Å². The first-order valence-electron chi connectivity index (χ1n) is 20.6. The van der Waals surface area contributed by atoms with E-state index in [4.69, 9.17) is 38.5 Å². The number of carbonyl (C=O) groups excluding carboxylic acids is 5. The van der Waals surface area contributed by atoms with Gasteiger partial charge in [-0.25, -0.2) is 9.59 Å². The maximum Gasteiger partial charge on any atom is 1.00 e. The molecule has 22 heteroatoms. The van der Waals surface area contributed by atoms with Crippen LogP contribution in [0.4, 0.5) is 26.7 Å². The first-order valence-corrected chi connectivity index (χ1v) is 21.4. The third-order valence-corrected chi connectivity index (χ3v) is 12.4. The van der Waals surface area contributed by atoms with Crippen LogP contribution in [-0.4, -0.2) is 132 Å². The number of piperidine rings is 2. The number of anilines is 3. The first kappa shape index (κ1) is 52.7. The van der Waals surface area contributed by atoms with E-state index in [0.29, 0.717) is 26.3 Å². The van der Waals surface area contributed by atoms with Gasteiger partial charge in [-0.1, -0.05) is 15.9 Å². The SMILES string of the molecule is C1CC2(CCN1)OCCO2.CC(=O)NC[C@@H]1OC(=O)N2c3ccc(Br)cc3C[C@@H]12.CC(=O)NC[C@@H]1OC(=O)N2c3ccc(N4CCC5(CC4)OCCO5)cc3C[C@@H]12.O=CO[O-].[H-].[K+].[K+]. The molecule has 4 amide bonds. The Balaban J connectivity index is 0.000000216. The summed E-state index contributed by atoms with van der Waals surface area (Å²) in [6.07, 6.45) is 3.96. The van der Waals surface area contributed by atoms with E-state index in [0.717, 1.165) is 105 Å². The molecule has 0 unspecified atom stereocenters. The van der Waals surface area contributed by atoms with Gasteiger partial charge in [0.2, 0.25) is 11.8 Å². The number of fused-ring (bicyclic) bond motifs is 6. The van der Waals surface area contributed by atoms with Crippen molar-refractivity contribution in [2.45, 2.75) is 88.2 Å². The summed E-state index contributed by atoms with van der Waals surface area (Å²) in [5.74, 6) is -0.805. The Morgan fingerprint density at radius 2 is 1.24 bits per heavy atom. The molecule has 6 saturated heterocycles. The normalized spacial score (nSPS) is 24.8. The molecule has 2 aromatic carbocycles. The van der Waals surface area contributed by atoms with E-state index in [-0.39, 0.29) is 171 Å². The van der Waals surface area contributed by atoms with Crippen molar-refractivity contribution in [1.29, 1.82) is 0 Å². The van der Waals surface area contributed by atoms with Crippen LogP contribution in [0.5, 0.6) is 0 Å². The van der Waals surface area contributed by atoms with Gasteiger partial charge in [0.25, 0.3) is 6.47 Å². The van der Waals surface area contributed by atoms with Crippen LogP contribution in [0.3, 0.4) is 0 Å². The molecule has 4 atom stereocenters.